The number of aromatic nitrogens is 3. The molecular formula is C10H15N3O2. The monoisotopic (exact) mass is 209 g/mol. The molecule has 1 aromatic heterocycles. The number of nitrogens with zero attached hydrogens (tertiary/aromatic N) is 3. The van der Waals surface area contributed by atoms with Crippen molar-refractivity contribution in [2.75, 3.05) is 6.61 Å². The standard InChI is InChI=1S/C10H15N3O2/c14-5-1-4-13-10(6-8-2-3-8)9(7-15)11-12-13/h7-8,14H,1-6H2. The van der Waals surface area contributed by atoms with E-state index in [-0.39, 0.29) is 6.61 Å². The lowest BCUT2D eigenvalue weighted by Crippen LogP contribution is -2.08. The van der Waals surface area contributed by atoms with Crippen LogP contribution in [0, 0.1) is 5.92 Å². The molecule has 1 fully saturated rings. The summed E-state index contributed by atoms with van der Waals surface area (Å²) in [6.45, 7) is 0.776. The molecule has 0 saturated heterocycles. The number of hydrogen-bond donors (Lipinski definition) is 1. The van der Waals surface area contributed by atoms with Crippen LogP contribution in [-0.2, 0) is 13.0 Å². The van der Waals surface area contributed by atoms with Gasteiger partial charge in [0, 0.05) is 13.2 Å². The Morgan fingerprint density at radius 1 is 1.53 bits per heavy atom. The summed E-state index contributed by atoms with van der Waals surface area (Å²) in [5, 5.41) is 16.5. The minimum absolute atomic E-state index is 0.138. The largest absolute Gasteiger partial charge is 0.396 e. The van der Waals surface area contributed by atoms with Crippen molar-refractivity contribution < 1.29 is 9.90 Å². The topological polar surface area (TPSA) is 68.0 Å². The average Bonchev–Trinajstić information content (AvgIpc) is 2.97. The highest BCUT2D eigenvalue weighted by atomic mass is 16.3. The third-order valence-electron chi connectivity index (χ3n) is 2.69. The molecule has 0 aliphatic heterocycles. The van der Waals surface area contributed by atoms with Gasteiger partial charge in [0.2, 0.25) is 0 Å². The summed E-state index contributed by atoms with van der Waals surface area (Å²) in [4.78, 5) is 10.8. The fraction of sp³-hybridized carbons (Fsp3) is 0.700. The van der Waals surface area contributed by atoms with Gasteiger partial charge in [-0.05, 0) is 31.6 Å². The van der Waals surface area contributed by atoms with Gasteiger partial charge in [-0.3, -0.25) is 4.79 Å². The molecule has 5 heteroatoms. The van der Waals surface area contributed by atoms with Gasteiger partial charge < -0.3 is 5.11 Å². The highest BCUT2D eigenvalue weighted by Crippen LogP contribution is 2.32. The second kappa shape index (κ2) is 4.53. The molecule has 0 spiro atoms. The molecule has 2 rings (SSSR count). The van der Waals surface area contributed by atoms with E-state index in [1.807, 2.05) is 0 Å². The van der Waals surface area contributed by atoms with E-state index < -0.39 is 0 Å². The van der Waals surface area contributed by atoms with Crippen molar-refractivity contribution in [2.45, 2.75) is 32.2 Å². The SMILES string of the molecule is O=Cc1nnn(CCCO)c1CC1CC1. The highest BCUT2D eigenvalue weighted by Gasteiger charge is 2.25. The van der Waals surface area contributed by atoms with E-state index in [0.29, 0.717) is 24.6 Å². The minimum Gasteiger partial charge on any atom is -0.396 e. The van der Waals surface area contributed by atoms with Crippen molar-refractivity contribution in [3.05, 3.63) is 11.4 Å². The molecular weight excluding hydrogens is 194 g/mol. The summed E-state index contributed by atoms with van der Waals surface area (Å²) in [5.74, 6) is 0.704. The van der Waals surface area contributed by atoms with Crippen LogP contribution in [0.25, 0.3) is 0 Å². The number of aliphatic hydroxyl groups excluding tert-OH is 1. The van der Waals surface area contributed by atoms with Gasteiger partial charge in [-0.1, -0.05) is 5.21 Å². The molecule has 1 heterocycles. The Bertz CT molecular complexity index is 344. The summed E-state index contributed by atoms with van der Waals surface area (Å²) >= 11 is 0. The first-order valence-corrected chi connectivity index (χ1v) is 5.33. The first kappa shape index (κ1) is 10.3. The Kier molecular flexibility index (Phi) is 3.11. The lowest BCUT2D eigenvalue weighted by Gasteiger charge is -2.04. The number of aliphatic hydroxyl groups is 1. The molecule has 0 atom stereocenters. The number of carbonyl (C=O) groups excluding carboxylic acids is 1. The van der Waals surface area contributed by atoms with Crippen LogP contribution in [0.15, 0.2) is 0 Å². The molecule has 0 radical (unpaired) electrons. The van der Waals surface area contributed by atoms with Crippen LogP contribution in [-0.4, -0.2) is 33.0 Å². The van der Waals surface area contributed by atoms with Crippen molar-refractivity contribution in [3.63, 3.8) is 0 Å². The fourth-order valence-electron chi connectivity index (χ4n) is 1.64. The molecule has 0 aromatic carbocycles. The summed E-state index contributed by atoms with van der Waals surface area (Å²) in [6.07, 6.45) is 4.79. The molecule has 1 N–H and O–H groups in total. The van der Waals surface area contributed by atoms with E-state index in [1.54, 1.807) is 4.68 Å². The molecule has 1 aliphatic carbocycles. The van der Waals surface area contributed by atoms with Crippen molar-refractivity contribution in [1.29, 1.82) is 0 Å². The summed E-state index contributed by atoms with van der Waals surface area (Å²) in [6, 6.07) is 0. The first-order valence-electron chi connectivity index (χ1n) is 5.33. The van der Waals surface area contributed by atoms with Crippen molar-refractivity contribution in [1.82, 2.24) is 15.0 Å². The second-order valence-corrected chi connectivity index (χ2v) is 3.99. The fourth-order valence-corrected chi connectivity index (χ4v) is 1.64. The second-order valence-electron chi connectivity index (χ2n) is 3.99. The van der Waals surface area contributed by atoms with Gasteiger partial charge in [0.15, 0.2) is 6.29 Å². The van der Waals surface area contributed by atoms with Crippen molar-refractivity contribution in [3.8, 4) is 0 Å². The van der Waals surface area contributed by atoms with Gasteiger partial charge in [-0.2, -0.15) is 0 Å². The third-order valence-corrected chi connectivity index (χ3v) is 2.69. The third kappa shape index (κ3) is 2.41. The molecule has 1 aliphatic rings. The number of hydrogen-bond acceptors (Lipinski definition) is 4. The molecule has 15 heavy (non-hydrogen) atoms. The van der Waals surface area contributed by atoms with Crippen LogP contribution in [0.5, 0.6) is 0 Å². The van der Waals surface area contributed by atoms with Gasteiger partial charge in [0.05, 0.1) is 5.69 Å². The zero-order chi connectivity index (χ0) is 10.7. The maximum absolute atomic E-state index is 10.8. The molecule has 1 aromatic rings. The molecule has 5 nitrogen and oxygen atoms in total. The average molecular weight is 209 g/mol. The van der Waals surface area contributed by atoms with E-state index in [2.05, 4.69) is 10.3 Å². The lowest BCUT2D eigenvalue weighted by molar-refractivity contribution is 0.111. The molecule has 0 bridgehead atoms. The first-order chi connectivity index (χ1) is 7.35. The lowest BCUT2D eigenvalue weighted by atomic mass is 10.2. The van der Waals surface area contributed by atoms with E-state index in [1.165, 1.54) is 12.8 Å². The maximum atomic E-state index is 10.8. The summed E-state index contributed by atoms with van der Waals surface area (Å²) in [7, 11) is 0. The van der Waals surface area contributed by atoms with Crippen LogP contribution in [0.2, 0.25) is 0 Å². The van der Waals surface area contributed by atoms with E-state index in [0.717, 1.165) is 18.4 Å². The van der Waals surface area contributed by atoms with Gasteiger partial charge in [-0.15, -0.1) is 5.10 Å². The zero-order valence-electron chi connectivity index (χ0n) is 8.59. The molecule has 0 unspecified atom stereocenters. The van der Waals surface area contributed by atoms with Gasteiger partial charge >= 0.3 is 0 Å². The Balaban J connectivity index is 2.11. The van der Waals surface area contributed by atoms with Crippen LogP contribution in [0.1, 0.15) is 35.4 Å². The van der Waals surface area contributed by atoms with Crippen molar-refractivity contribution in [2.24, 2.45) is 5.92 Å². The van der Waals surface area contributed by atoms with E-state index in [9.17, 15) is 4.79 Å². The van der Waals surface area contributed by atoms with E-state index in [4.69, 9.17) is 5.11 Å². The summed E-state index contributed by atoms with van der Waals surface area (Å²) in [5.41, 5.74) is 1.39. The Morgan fingerprint density at radius 3 is 2.93 bits per heavy atom. The number of carbonyl (C=O) groups is 1. The predicted molar refractivity (Wildman–Crippen MR) is 53.5 cm³/mol. The smallest absolute Gasteiger partial charge is 0.172 e. The number of aldehydes is 1. The quantitative estimate of drug-likeness (QED) is 0.690. The van der Waals surface area contributed by atoms with Crippen LogP contribution in [0.4, 0.5) is 0 Å². The highest BCUT2D eigenvalue weighted by molar-refractivity contribution is 5.73. The Labute approximate surface area is 88.1 Å². The van der Waals surface area contributed by atoms with Crippen LogP contribution >= 0.6 is 0 Å². The Morgan fingerprint density at radius 2 is 2.33 bits per heavy atom. The minimum atomic E-state index is 0.138. The summed E-state index contributed by atoms with van der Waals surface area (Å²) < 4.78 is 1.75. The maximum Gasteiger partial charge on any atom is 0.172 e. The molecule has 82 valence electrons. The zero-order valence-corrected chi connectivity index (χ0v) is 8.59. The van der Waals surface area contributed by atoms with E-state index >= 15 is 0 Å². The molecule has 1 saturated carbocycles. The van der Waals surface area contributed by atoms with Crippen molar-refractivity contribution >= 4 is 6.29 Å². The molecule has 0 amide bonds. The van der Waals surface area contributed by atoms with Crippen LogP contribution < -0.4 is 0 Å². The van der Waals surface area contributed by atoms with Crippen LogP contribution in [0.3, 0.4) is 0 Å². The predicted octanol–water partition coefficient (Wildman–Crippen LogP) is 0.425. The normalized spacial score (nSPS) is 15.5. The number of aryl methyl sites for hydroxylation is 1. The van der Waals surface area contributed by atoms with Gasteiger partial charge in [-0.25, -0.2) is 4.68 Å². The van der Waals surface area contributed by atoms with Gasteiger partial charge in [0.25, 0.3) is 0 Å². The Hall–Kier alpha value is -1.23. The number of rotatable bonds is 6. The van der Waals surface area contributed by atoms with Gasteiger partial charge in [0.1, 0.15) is 5.69 Å².